The molecule has 0 saturated carbocycles. The van der Waals surface area contributed by atoms with Gasteiger partial charge in [-0.25, -0.2) is 0 Å². The van der Waals surface area contributed by atoms with Crippen LogP contribution in [0.2, 0.25) is 0 Å². The van der Waals surface area contributed by atoms with Crippen LogP contribution in [0.1, 0.15) is 19.4 Å². The molecule has 0 atom stereocenters. The van der Waals surface area contributed by atoms with Gasteiger partial charge in [0.25, 0.3) is 5.56 Å². The maximum Gasteiger partial charge on any atom is 0.253 e. The van der Waals surface area contributed by atoms with E-state index in [1.165, 1.54) is 0 Å². The first-order valence-corrected chi connectivity index (χ1v) is 8.56. The highest BCUT2D eigenvalue weighted by Gasteiger charge is 2.20. The maximum absolute atomic E-state index is 12.7. The summed E-state index contributed by atoms with van der Waals surface area (Å²) in [6.45, 7) is 3.92. The largest absolute Gasteiger partial charge is 0.497 e. The number of aromatic nitrogens is 1. The van der Waals surface area contributed by atoms with Gasteiger partial charge in [0.1, 0.15) is 5.75 Å². The fraction of sp³-hybridized carbons (Fsp3) is 0.238. The molecule has 5 nitrogen and oxygen atoms in total. The van der Waals surface area contributed by atoms with Crippen LogP contribution in [0.5, 0.6) is 5.75 Å². The zero-order valence-corrected chi connectivity index (χ0v) is 15.2. The van der Waals surface area contributed by atoms with Gasteiger partial charge in [-0.15, -0.1) is 0 Å². The Morgan fingerprint density at radius 3 is 2.50 bits per heavy atom. The minimum Gasteiger partial charge on any atom is -0.497 e. The molecule has 0 bridgehead atoms. The molecule has 2 aromatic carbocycles. The van der Waals surface area contributed by atoms with Gasteiger partial charge >= 0.3 is 0 Å². The molecule has 3 rings (SSSR count). The highest BCUT2D eigenvalue weighted by molar-refractivity contribution is 5.94. The first-order valence-electron chi connectivity index (χ1n) is 8.56. The van der Waals surface area contributed by atoms with Gasteiger partial charge in [0, 0.05) is 28.1 Å². The minimum atomic E-state index is -0.194. The fourth-order valence-corrected chi connectivity index (χ4v) is 2.86. The molecule has 134 valence electrons. The number of benzene rings is 2. The Labute approximate surface area is 152 Å². The van der Waals surface area contributed by atoms with Crippen molar-refractivity contribution in [2.24, 2.45) is 5.92 Å². The van der Waals surface area contributed by atoms with Crippen LogP contribution in [0.15, 0.2) is 59.4 Å². The number of rotatable bonds is 5. The predicted molar refractivity (Wildman–Crippen MR) is 104 cm³/mol. The molecule has 1 aromatic heterocycles. The number of fused-ring (bicyclic) bond motifs is 1. The second-order valence-corrected chi connectivity index (χ2v) is 6.49. The molecule has 0 aliphatic heterocycles. The van der Waals surface area contributed by atoms with Crippen LogP contribution in [0, 0.1) is 5.92 Å². The van der Waals surface area contributed by atoms with Gasteiger partial charge in [-0.3, -0.25) is 9.59 Å². The molecule has 0 aliphatic rings. The van der Waals surface area contributed by atoms with Crippen LogP contribution in [0.3, 0.4) is 0 Å². The Balaban J connectivity index is 2.04. The summed E-state index contributed by atoms with van der Waals surface area (Å²) < 4.78 is 5.26. The highest BCUT2D eigenvalue weighted by atomic mass is 16.5. The molecule has 0 radical (unpaired) electrons. The third-order valence-corrected chi connectivity index (χ3v) is 4.28. The number of nitrogens with zero attached hydrogens (tertiary/aromatic N) is 1. The van der Waals surface area contributed by atoms with E-state index in [-0.39, 0.29) is 23.9 Å². The molecule has 26 heavy (non-hydrogen) atoms. The van der Waals surface area contributed by atoms with Gasteiger partial charge < -0.3 is 14.6 Å². The number of ether oxygens (including phenoxy) is 1. The van der Waals surface area contributed by atoms with Crippen LogP contribution in [0.4, 0.5) is 5.69 Å². The average Bonchev–Trinajstić information content (AvgIpc) is 2.66. The van der Waals surface area contributed by atoms with E-state index < -0.39 is 0 Å². The number of nitrogens with one attached hydrogen (secondary N) is 1. The predicted octanol–water partition coefficient (Wildman–Crippen LogP) is 3.73. The van der Waals surface area contributed by atoms with Crippen LogP contribution < -0.4 is 15.2 Å². The van der Waals surface area contributed by atoms with Crippen molar-refractivity contribution in [3.05, 3.63) is 70.5 Å². The number of hydrogen-bond acceptors (Lipinski definition) is 3. The summed E-state index contributed by atoms with van der Waals surface area (Å²) in [4.78, 5) is 29.8. The van der Waals surface area contributed by atoms with E-state index in [0.29, 0.717) is 11.3 Å². The SMILES string of the molecule is COc1ccc2[nH]c(=O)c(CN(C(=O)C(C)C)c3ccccc3)cc2c1. The van der Waals surface area contributed by atoms with E-state index in [9.17, 15) is 9.59 Å². The van der Waals surface area contributed by atoms with Gasteiger partial charge in [-0.1, -0.05) is 32.0 Å². The number of carbonyl (C=O) groups is 1. The molecular weight excluding hydrogens is 328 g/mol. The minimum absolute atomic E-state index is 0.0265. The zero-order chi connectivity index (χ0) is 18.7. The lowest BCUT2D eigenvalue weighted by molar-refractivity contribution is -0.121. The maximum atomic E-state index is 12.7. The van der Waals surface area contributed by atoms with Gasteiger partial charge in [-0.2, -0.15) is 0 Å². The number of aromatic amines is 1. The second-order valence-electron chi connectivity index (χ2n) is 6.49. The van der Waals surface area contributed by atoms with Crippen molar-refractivity contribution in [2.75, 3.05) is 12.0 Å². The van der Waals surface area contributed by atoms with Gasteiger partial charge in [0.2, 0.25) is 5.91 Å². The van der Waals surface area contributed by atoms with E-state index in [2.05, 4.69) is 4.98 Å². The molecule has 0 fully saturated rings. The Morgan fingerprint density at radius 1 is 1.12 bits per heavy atom. The first-order chi connectivity index (χ1) is 12.5. The normalized spacial score (nSPS) is 10.9. The van der Waals surface area contributed by atoms with E-state index in [1.807, 2.05) is 62.4 Å². The van der Waals surface area contributed by atoms with Crippen molar-refractivity contribution in [3.8, 4) is 5.75 Å². The van der Waals surface area contributed by atoms with Gasteiger partial charge in [0.05, 0.1) is 13.7 Å². The number of carbonyl (C=O) groups excluding carboxylic acids is 1. The van der Waals surface area contributed by atoms with E-state index in [1.54, 1.807) is 18.1 Å². The number of pyridine rings is 1. The molecule has 3 aromatic rings. The van der Waals surface area contributed by atoms with E-state index in [4.69, 9.17) is 4.74 Å². The van der Waals surface area contributed by atoms with Crippen LogP contribution in [0.25, 0.3) is 10.9 Å². The third-order valence-electron chi connectivity index (χ3n) is 4.28. The van der Waals surface area contributed by atoms with Crippen molar-refractivity contribution < 1.29 is 9.53 Å². The molecule has 0 aliphatic carbocycles. The summed E-state index contributed by atoms with van der Waals surface area (Å²) in [6.07, 6.45) is 0. The number of hydrogen-bond donors (Lipinski definition) is 1. The van der Waals surface area contributed by atoms with Crippen LogP contribution in [-0.2, 0) is 11.3 Å². The standard InChI is InChI=1S/C21H22N2O3/c1-14(2)21(25)23(17-7-5-4-6-8-17)13-16-11-15-12-18(26-3)9-10-19(15)22-20(16)24/h4-12,14H,13H2,1-3H3,(H,22,24). The lowest BCUT2D eigenvalue weighted by Gasteiger charge is -2.24. The molecule has 1 N–H and O–H groups in total. The summed E-state index contributed by atoms with van der Waals surface area (Å²) in [7, 11) is 1.60. The Kier molecular flexibility index (Phi) is 5.07. The Morgan fingerprint density at radius 2 is 1.85 bits per heavy atom. The van der Waals surface area contributed by atoms with Crippen molar-refractivity contribution >= 4 is 22.5 Å². The average molecular weight is 350 g/mol. The summed E-state index contributed by atoms with van der Waals surface area (Å²) >= 11 is 0. The summed E-state index contributed by atoms with van der Waals surface area (Å²) in [5.41, 5.74) is 1.85. The van der Waals surface area contributed by atoms with Crippen LogP contribution in [-0.4, -0.2) is 18.0 Å². The monoisotopic (exact) mass is 350 g/mol. The molecular formula is C21H22N2O3. The quantitative estimate of drug-likeness (QED) is 0.763. The van der Waals surface area contributed by atoms with Crippen molar-refractivity contribution in [2.45, 2.75) is 20.4 Å². The van der Waals surface area contributed by atoms with Crippen molar-refractivity contribution in [1.29, 1.82) is 0 Å². The fourth-order valence-electron chi connectivity index (χ4n) is 2.86. The van der Waals surface area contributed by atoms with Crippen molar-refractivity contribution in [1.82, 2.24) is 4.98 Å². The summed E-state index contributed by atoms with van der Waals surface area (Å²) in [6, 6.07) is 16.7. The number of methoxy groups -OCH3 is 1. The van der Waals surface area contributed by atoms with Gasteiger partial charge in [0.15, 0.2) is 0 Å². The topological polar surface area (TPSA) is 62.4 Å². The second kappa shape index (κ2) is 7.44. The molecule has 1 heterocycles. The molecule has 0 saturated heterocycles. The zero-order valence-electron chi connectivity index (χ0n) is 15.2. The van der Waals surface area contributed by atoms with Gasteiger partial charge in [-0.05, 0) is 36.4 Å². The number of para-hydroxylation sites is 1. The molecule has 0 spiro atoms. The first kappa shape index (κ1) is 17.7. The molecule has 0 unspecified atom stereocenters. The number of anilines is 1. The summed E-state index contributed by atoms with van der Waals surface area (Å²) in [5, 5.41) is 0.865. The smallest absolute Gasteiger partial charge is 0.253 e. The van der Waals surface area contributed by atoms with Crippen LogP contribution >= 0.6 is 0 Å². The Hall–Kier alpha value is -3.08. The third kappa shape index (κ3) is 3.61. The Bertz CT molecular complexity index is 977. The molecule has 5 heteroatoms. The van der Waals surface area contributed by atoms with Crippen molar-refractivity contribution in [3.63, 3.8) is 0 Å². The van der Waals surface area contributed by atoms with E-state index in [0.717, 1.165) is 16.6 Å². The highest BCUT2D eigenvalue weighted by Crippen LogP contribution is 2.22. The lowest BCUT2D eigenvalue weighted by atomic mass is 10.1. The molecule has 1 amide bonds. The lowest BCUT2D eigenvalue weighted by Crippen LogP contribution is -2.35. The number of amides is 1. The van der Waals surface area contributed by atoms with E-state index >= 15 is 0 Å². The number of H-pyrrole nitrogens is 1. The summed E-state index contributed by atoms with van der Waals surface area (Å²) in [5.74, 6) is 0.518.